The maximum Gasteiger partial charge on any atom is 0.239 e. The number of carbonyl (C=O) groups excluding carboxylic acids is 1. The van der Waals surface area contributed by atoms with Gasteiger partial charge in [0.25, 0.3) is 0 Å². The zero-order valence-corrected chi connectivity index (χ0v) is 10.3. The van der Waals surface area contributed by atoms with E-state index in [-0.39, 0.29) is 6.04 Å². The molecule has 88 valence electrons. The molecule has 0 spiro atoms. The van der Waals surface area contributed by atoms with Crippen molar-refractivity contribution in [2.45, 2.75) is 46.1 Å². The summed E-state index contributed by atoms with van der Waals surface area (Å²) in [5.74, 6) is 0.908. The Morgan fingerprint density at radius 2 is 2.27 bits per heavy atom. The molecule has 1 amide bonds. The molecule has 0 aromatic carbocycles. The SMILES string of the molecule is CCC(C)CN(CC)C(=O)C1CCCN1. The van der Waals surface area contributed by atoms with Crippen LogP contribution in [0.25, 0.3) is 0 Å². The standard InChI is InChI=1S/C12H24N2O/c1-4-10(3)9-14(5-2)12(15)11-7-6-8-13-11/h10-11,13H,4-9H2,1-3H3. The van der Waals surface area contributed by atoms with Crippen molar-refractivity contribution in [1.82, 2.24) is 10.2 Å². The second-order valence-corrected chi connectivity index (χ2v) is 4.54. The van der Waals surface area contributed by atoms with Gasteiger partial charge >= 0.3 is 0 Å². The third-order valence-corrected chi connectivity index (χ3v) is 3.28. The molecule has 0 aromatic heterocycles. The molecule has 0 aromatic rings. The fourth-order valence-corrected chi connectivity index (χ4v) is 2.00. The van der Waals surface area contributed by atoms with E-state index < -0.39 is 0 Å². The van der Waals surface area contributed by atoms with Crippen LogP contribution in [0, 0.1) is 5.92 Å². The fourth-order valence-electron chi connectivity index (χ4n) is 2.00. The molecular formula is C12H24N2O. The third kappa shape index (κ3) is 3.49. The predicted molar refractivity (Wildman–Crippen MR) is 62.7 cm³/mol. The summed E-state index contributed by atoms with van der Waals surface area (Å²) < 4.78 is 0. The molecule has 15 heavy (non-hydrogen) atoms. The molecule has 1 aliphatic heterocycles. The lowest BCUT2D eigenvalue weighted by atomic mass is 10.1. The Balaban J connectivity index is 2.45. The highest BCUT2D eigenvalue weighted by Crippen LogP contribution is 2.11. The number of nitrogens with one attached hydrogen (secondary N) is 1. The molecule has 2 unspecified atom stereocenters. The van der Waals surface area contributed by atoms with Gasteiger partial charge < -0.3 is 10.2 Å². The summed E-state index contributed by atoms with van der Waals surface area (Å²) in [6.45, 7) is 9.19. The molecule has 3 heteroatoms. The minimum absolute atomic E-state index is 0.0917. The third-order valence-electron chi connectivity index (χ3n) is 3.28. The molecule has 0 bridgehead atoms. The monoisotopic (exact) mass is 212 g/mol. The van der Waals surface area contributed by atoms with Gasteiger partial charge in [-0.1, -0.05) is 20.3 Å². The van der Waals surface area contributed by atoms with Crippen LogP contribution in [0.1, 0.15) is 40.0 Å². The lowest BCUT2D eigenvalue weighted by Gasteiger charge is -2.26. The molecule has 0 radical (unpaired) electrons. The van der Waals surface area contributed by atoms with Crippen molar-refractivity contribution >= 4 is 5.91 Å². The number of nitrogens with zero attached hydrogens (tertiary/aromatic N) is 1. The van der Waals surface area contributed by atoms with Crippen molar-refractivity contribution in [1.29, 1.82) is 0 Å². The van der Waals surface area contributed by atoms with Crippen LogP contribution in [-0.4, -0.2) is 36.5 Å². The predicted octanol–water partition coefficient (Wildman–Crippen LogP) is 1.63. The van der Waals surface area contributed by atoms with Gasteiger partial charge in [0.05, 0.1) is 6.04 Å². The summed E-state index contributed by atoms with van der Waals surface area (Å²) in [6.07, 6.45) is 3.29. The number of amides is 1. The summed E-state index contributed by atoms with van der Waals surface area (Å²) in [4.78, 5) is 14.1. The number of hydrogen-bond donors (Lipinski definition) is 1. The van der Waals surface area contributed by atoms with Crippen molar-refractivity contribution in [3.63, 3.8) is 0 Å². The van der Waals surface area contributed by atoms with E-state index in [2.05, 4.69) is 26.1 Å². The van der Waals surface area contributed by atoms with Gasteiger partial charge in [0.2, 0.25) is 5.91 Å². The summed E-state index contributed by atoms with van der Waals surface area (Å²) in [7, 11) is 0. The first-order valence-corrected chi connectivity index (χ1v) is 6.21. The van der Waals surface area contributed by atoms with E-state index >= 15 is 0 Å². The van der Waals surface area contributed by atoms with Crippen LogP contribution in [0.4, 0.5) is 0 Å². The average molecular weight is 212 g/mol. The van der Waals surface area contributed by atoms with Crippen molar-refractivity contribution in [3.8, 4) is 0 Å². The first-order chi connectivity index (χ1) is 7.19. The molecule has 1 heterocycles. The molecule has 1 saturated heterocycles. The molecule has 3 nitrogen and oxygen atoms in total. The molecule has 0 saturated carbocycles. The fraction of sp³-hybridized carbons (Fsp3) is 0.917. The van der Waals surface area contributed by atoms with Gasteiger partial charge in [0.1, 0.15) is 0 Å². The van der Waals surface area contributed by atoms with E-state index in [0.29, 0.717) is 11.8 Å². The summed E-state index contributed by atoms with van der Waals surface area (Å²) in [6, 6.07) is 0.0917. The van der Waals surface area contributed by atoms with Gasteiger partial charge in [-0.25, -0.2) is 0 Å². The van der Waals surface area contributed by atoms with Crippen molar-refractivity contribution in [3.05, 3.63) is 0 Å². The quantitative estimate of drug-likeness (QED) is 0.751. The van der Waals surface area contributed by atoms with Gasteiger partial charge in [-0.2, -0.15) is 0 Å². The number of likely N-dealkylation sites (N-methyl/N-ethyl adjacent to an activating group) is 1. The summed E-state index contributed by atoms with van der Waals surface area (Å²) in [5, 5.41) is 3.27. The van der Waals surface area contributed by atoms with E-state index in [1.165, 1.54) is 0 Å². The second kappa shape index (κ2) is 6.11. The summed E-state index contributed by atoms with van der Waals surface area (Å²) in [5.41, 5.74) is 0. The Bertz CT molecular complexity index is 200. The lowest BCUT2D eigenvalue weighted by Crippen LogP contribution is -2.45. The van der Waals surface area contributed by atoms with E-state index in [1.54, 1.807) is 0 Å². The topological polar surface area (TPSA) is 32.3 Å². The number of hydrogen-bond acceptors (Lipinski definition) is 2. The van der Waals surface area contributed by atoms with E-state index in [1.807, 2.05) is 4.90 Å². The minimum Gasteiger partial charge on any atom is -0.341 e. The molecule has 1 N–H and O–H groups in total. The molecular weight excluding hydrogens is 188 g/mol. The molecule has 2 atom stereocenters. The highest BCUT2D eigenvalue weighted by atomic mass is 16.2. The van der Waals surface area contributed by atoms with Crippen LogP contribution in [-0.2, 0) is 4.79 Å². The van der Waals surface area contributed by atoms with Gasteiger partial charge in [-0.05, 0) is 32.2 Å². The normalized spacial score (nSPS) is 22.7. The van der Waals surface area contributed by atoms with Gasteiger partial charge in [0.15, 0.2) is 0 Å². The average Bonchev–Trinajstić information content (AvgIpc) is 2.77. The Morgan fingerprint density at radius 1 is 1.53 bits per heavy atom. The van der Waals surface area contributed by atoms with Crippen molar-refractivity contribution < 1.29 is 4.79 Å². The van der Waals surface area contributed by atoms with Gasteiger partial charge in [-0.15, -0.1) is 0 Å². The number of carbonyl (C=O) groups is 1. The highest BCUT2D eigenvalue weighted by Gasteiger charge is 2.26. The minimum atomic E-state index is 0.0917. The Hall–Kier alpha value is -0.570. The van der Waals surface area contributed by atoms with Crippen molar-refractivity contribution in [2.75, 3.05) is 19.6 Å². The van der Waals surface area contributed by atoms with E-state index in [4.69, 9.17) is 0 Å². The summed E-state index contributed by atoms with van der Waals surface area (Å²) >= 11 is 0. The second-order valence-electron chi connectivity index (χ2n) is 4.54. The van der Waals surface area contributed by atoms with Gasteiger partial charge in [0, 0.05) is 13.1 Å². The van der Waals surface area contributed by atoms with E-state index in [9.17, 15) is 4.79 Å². The zero-order valence-electron chi connectivity index (χ0n) is 10.3. The maximum absolute atomic E-state index is 12.1. The zero-order chi connectivity index (χ0) is 11.3. The molecule has 1 aliphatic rings. The van der Waals surface area contributed by atoms with Crippen molar-refractivity contribution in [2.24, 2.45) is 5.92 Å². The smallest absolute Gasteiger partial charge is 0.239 e. The van der Waals surface area contributed by atoms with E-state index in [0.717, 1.165) is 38.9 Å². The van der Waals surface area contributed by atoms with Gasteiger partial charge in [-0.3, -0.25) is 4.79 Å². The molecule has 1 rings (SSSR count). The van der Waals surface area contributed by atoms with Crippen LogP contribution < -0.4 is 5.32 Å². The van der Waals surface area contributed by atoms with Crippen LogP contribution >= 0.6 is 0 Å². The largest absolute Gasteiger partial charge is 0.341 e. The van der Waals surface area contributed by atoms with Crippen LogP contribution in [0.15, 0.2) is 0 Å². The first kappa shape index (κ1) is 12.5. The first-order valence-electron chi connectivity index (χ1n) is 6.21. The van der Waals surface area contributed by atoms with Crippen LogP contribution in [0.2, 0.25) is 0 Å². The molecule has 0 aliphatic carbocycles. The highest BCUT2D eigenvalue weighted by molar-refractivity contribution is 5.82. The Labute approximate surface area is 93.2 Å². The number of rotatable bonds is 5. The van der Waals surface area contributed by atoms with Crippen LogP contribution in [0.5, 0.6) is 0 Å². The molecule has 1 fully saturated rings. The lowest BCUT2D eigenvalue weighted by molar-refractivity contribution is -0.133. The van der Waals surface area contributed by atoms with Crippen LogP contribution in [0.3, 0.4) is 0 Å². The maximum atomic E-state index is 12.1. The Kier molecular flexibility index (Phi) is 5.09. The Morgan fingerprint density at radius 3 is 2.73 bits per heavy atom.